The van der Waals surface area contributed by atoms with Gasteiger partial charge in [-0.3, -0.25) is 14.5 Å². The number of nitrogens with one attached hydrogen (secondary N) is 1. The van der Waals surface area contributed by atoms with E-state index in [9.17, 15) is 22.8 Å². The van der Waals surface area contributed by atoms with Crippen molar-refractivity contribution >= 4 is 27.9 Å². The SMILES string of the molecule is COc1ccc(S(=O)(=O)N2CCN(C(=O)CCCN3C(=O)NC(C)(C)C3=O)CC2)cc1OC. The number of ether oxygens (including phenoxy) is 2. The molecule has 0 unspecified atom stereocenters. The van der Waals surface area contributed by atoms with Gasteiger partial charge < -0.3 is 19.7 Å². The highest BCUT2D eigenvalue weighted by Gasteiger charge is 2.43. The summed E-state index contributed by atoms with van der Waals surface area (Å²) in [5, 5.41) is 2.61. The Hall–Kier alpha value is -2.86. The Labute approximate surface area is 193 Å². The highest BCUT2D eigenvalue weighted by Crippen LogP contribution is 2.31. The summed E-state index contributed by atoms with van der Waals surface area (Å²) in [6, 6.07) is 3.97. The van der Waals surface area contributed by atoms with Crippen LogP contribution in [-0.2, 0) is 19.6 Å². The minimum atomic E-state index is -3.75. The van der Waals surface area contributed by atoms with Gasteiger partial charge in [0, 0.05) is 45.2 Å². The third-order valence-electron chi connectivity index (χ3n) is 5.80. The van der Waals surface area contributed by atoms with Crippen LogP contribution in [0.1, 0.15) is 26.7 Å². The molecule has 0 saturated carbocycles. The highest BCUT2D eigenvalue weighted by atomic mass is 32.2. The summed E-state index contributed by atoms with van der Waals surface area (Å²) in [7, 11) is -0.840. The summed E-state index contributed by atoms with van der Waals surface area (Å²) in [5.41, 5.74) is -0.934. The van der Waals surface area contributed by atoms with Crippen molar-refractivity contribution in [2.45, 2.75) is 37.1 Å². The molecule has 33 heavy (non-hydrogen) atoms. The Bertz CT molecular complexity index is 1030. The Morgan fingerprint density at radius 2 is 1.70 bits per heavy atom. The summed E-state index contributed by atoms with van der Waals surface area (Å²) in [4.78, 5) is 39.5. The zero-order valence-electron chi connectivity index (χ0n) is 19.3. The van der Waals surface area contributed by atoms with E-state index in [4.69, 9.17) is 9.47 Å². The lowest BCUT2D eigenvalue weighted by Gasteiger charge is -2.34. The molecule has 0 bridgehead atoms. The van der Waals surface area contributed by atoms with Crippen LogP contribution in [-0.4, -0.2) is 92.9 Å². The molecule has 2 aliphatic rings. The van der Waals surface area contributed by atoms with Gasteiger partial charge in [-0.1, -0.05) is 0 Å². The van der Waals surface area contributed by atoms with Crippen LogP contribution in [0, 0.1) is 0 Å². The lowest BCUT2D eigenvalue weighted by Crippen LogP contribution is -2.50. The average molecular weight is 483 g/mol. The molecular formula is C21H30N4O7S. The first-order valence-corrected chi connectivity index (χ1v) is 12.1. The molecule has 11 nitrogen and oxygen atoms in total. The number of hydrogen-bond acceptors (Lipinski definition) is 7. The molecule has 0 aromatic heterocycles. The maximum absolute atomic E-state index is 13.0. The van der Waals surface area contributed by atoms with Crippen molar-refractivity contribution in [3.05, 3.63) is 18.2 Å². The number of imide groups is 1. The molecule has 2 aliphatic heterocycles. The van der Waals surface area contributed by atoms with Gasteiger partial charge in [-0.2, -0.15) is 4.31 Å². The molecule has 1 aromatic carbocycles. The molecule has 2 heterocycles. The summed E-state index contributed by atoms with van der Waals surface area (Å²) in [6.07, 6.45) is 0.512. The van der Waals surface area contributed by atoms with Gasteiger partial charge in [-0.05, 0) is 32.4 Å². The van der Waals surface area contributed by atoms with E-state index in [0.717, 1.165) is 4.90 Å². The molecule has 2 fully saturated rings. The van der Waals surface area contributed by atoms with Gasteiger partial charge in [0.15, 0.2) is 11.5 Å². The smallest absolute Gasteiger partial charge is 0.325 e. The third kappa shape index (κ3) is 5.06. The van der Waals surface area contributed by atoms with E-state index in [1.54, 1.807) is 18.7 Å². The van der Waals surface area contributed by atoms with Gasteiger partial charge in [0.25, 0.3) is 5.91 Å². The number of rotatable bonds is 8. The normalized spacial score (nSPS) is 18.9. The van der Waals surface area contributed by atoms with E-state index in [2.05, 4.69) is 5.32 Å². The Kier molecular flexibility index (Phi) is 7.17. The summed E-state index contributed by atoms with van der Waals surface area (Å²) in [6.45, 7) is 4.30. The second-order valence-corrected chi connectivity index (χ2v) is 10.4. The summed E-state index contributed by atoms with van der Waals surface area (Å²) >= 11 is 0. The first kappa shape index (κ1) is 24.8. The molecule has 1 aromatic rings. The van der Waals surface area contributed by atoms with Crippen LogP contribution in [0.15, 0.2) is 23.1 Å². The van der Waals surface area contributed by atoms with Crippen molar-refractivity contribution in [1.82, 2.24) is 19.4 Å². The van der Waals surface area contributed by atoms with Gasteiger partial charge >= 0.3 is 6.03 Å². The van der Waals surface area contributed by atoms with E-state index in [1.165, 1.54) is 36.7 Å². The number of amides is 4. The largest absolute Gasteiger partial charge is 0.493 e. The summed E-state index contributed by atoms with van der Waals surface area (Å²) in [5.74, 6) is 0.308. The van der Waals surface area contributed by atoms with Gasteiger partial charge in [0.1, 0.15) is 5.54 Å². The third-order valence-corrected chi connectivity index (χ3v) is 7.70. The lowest BCUT2D eigenvalue weighted by atomic mass is 10.1. The van der Waals surface area contributed by atoms with E-state index in [1.807, 2.05) is 0 Å². The fraction of sp³-hybridized carbons (Fsp3) is 0.571. The van der Waals surface area contributed by atoms with Crippen LogP contribution >= 0.6 is 0 Å². The first-order chi connectivity index (χ1) is 15.5. The molecule has 4 amide bonds. The number of methoxy groups -OCH3 is 2. The van der Waals surface area contributed by atoms with E-state index >= 15 is 0 Å². The van der Waals surface area contributed by atoms with Crippen molar-refractivity contribution in [2.24, 2.45) is 0 Å². The number of nitrogens with zero attached hydrogens (tertiary/aromatic N) is 3. The van der Waals surface area contributed by atoms with E-state index in [-0.39, 0.29) is 55.9 Å². The minimum Gasteiger partial charge on any atom is -0.493 e. The number of carbonyl (C=O) groups excluding carboxylic acids is 3. The van der Waals surface area contributed by atoms with Crippen LogP contribution in [0.2, 0.25) is 0 Å². The van der Waals surface area contributed by atoms with Crippen molar-refractivity contribution in [2.75, 3.05) is 46.9 Å². The van der Waals surface area contributed by atoms with Crippen LogP contribution in [0.25, 0.3) is 0 Å². The molecule has 0 aliphatic carbocycles. The van der Waals surface area contributed by atoms with Gasteiger partial charge in [0.05, 0.1) is 19.1 Å². The van der Waals surface area contributed by atoms with E-state index in [0.29, 0.717) is 17.9 Å². The number of hydrogen-bond donors (Lipinski definition) is 1. The molecule has 3 rings (SSSR count). The number of piperazine rings is 1. The highest BCUT2D eigenvalue weighted by molar-refractivity contribution is 7.89. The molecular weight excluding hydrogens is 452 g/mol. The standard InChI is InChI=1S/C21H30N4O7S/c1-21(2)19(27)25(20(28)22-21)9-5-6-18(26)23-10-12-24(13-11-23)33(29,30)15-7-8-16(31-3)17(14-15)32-4/h7-8,14H,5-6,9-13H2,1-4H3,(H,22,28). The van der Waals surface area contributed by atoms with Crippen molar-refractivity contribution in [3.63, 3.8) is 0 Å². The fourth-order valence-electron chi connectivity index (χ4n) is 3.87. The fourth-order valence-corrected chi connectivity index (χ4v) is 5.31. The quantitative estimate of drug-likeness (QED) is 0.539. The predicted molar refractivity (Wildman–Crippen MR) is 118 cm³/mol. The Morgan fingerprint density at radius 1 is 1.06 bits per heavy atom. The van der Waals surface area contributed by atoms with E-state index < -0.39 is 21.6 Å². The summed E-state index contributed by atoms with van der Waals surface area (Å²) < 4.78 is 37.7. The lowest BCUT2D eigenvalue weighted by molar-refractivity contribution is -0.133. The average Bonchev–Trinajstić information content (AvgIpc) is 2.99. The molecule has 0 atom stereocenters. The number of benzene rings is 1. The second kappa shape index (κ2) is 9.56. The van der Waals surface area contributed by atoms with Crippen molar-refractivity contribution in [3.8, 4) is 11.5 Å². The molecule has 12 heteroatoms. The van der Waals surface area contributed by atoms with Gasteiger partial charge in [0.2, 0.25) is 15.9 Å². The zero-order chi connectivity index (χ0) is 24.4. The maximum Gasteiger partial charge on any atom is 0.325 e. The predicted octanol–water partition coefficient (Wildman–Crippen LogP) is 0.647. The topological polar surface area (TPSA) is 126 Å². The van der Waals surface area contributed by atoms with Crippen LogP contribution in [0.5, 0.6) is 11.5 Å². The molecule has 1 N–H and O–H groups in total. The van der Waals surface area contributed by atoms with Crippen LogP contribution in [0.4, 0.5) is 4.79 Å². The monoisotopic (exact) mass is 482 g/mol. The maximum atomic E-state index is 13.0. The van der Waals surface area contributed by atoms with Crippen LogP contribution < -0.4 is 14.8 Å². The Balaban J connectivity index is 1.52. The molecule has 0 radical (unpaired) electrons. The van der Waals surface area contributed by atoms with Crippen molar-refractivity contribution in [1.29, 1.82) is 0 Å². The molecule has 182 valence electrons. The van der Waals surface area contributed by atoms with Crippen LogP contribution in [0.3, 0.4) is 0 Å². The molecule has 2 saturated heterocycles. The second-order valence-electron chi connectivity index (χ2n) is 8.42. The van der Waals surface area contributed by atoms with Gasteiger partial charge in [-0.25, -0.2) is 13.2 Å². The van der Waals surface area contributed by atoms with Crippen molar-refractivity contribution < 1.29 is 32.3 Å². The minimum absolute atomic E-state index is 0.0939. The zero-order valence-corrected chi connectivity index (χ0v) is 20.1. The number of sulfonamides is 1. The number of urea groups is 1. The number of carbonyl (C=O) groups is 3. The van der Waals surface area contributed by atoms with Gasteiger partial charge in [-0.15, -0.1) is 0 Å². The molecule has 0 spiro atoms. The first-order valence-electron chi connectivity index (χ1n) is 10.7. The Morgan fingerprint density at radius 3 is 2.24 bits per heavy atom.